The van der Waals surface area contributed by atoms with Crippen LogP contribution in [0.3, 0.4) is 0 Å². The topological polar surface area (TPSA) is 0 Å². The van der Waals surface area contributed by atoms with Gasteiger partial charge in [0.25, 0.3) is 0 Å². The van der Waals surface area contributed by atoms with Crippen molar-refractivity contribution in [3.63, 3.8) is 0 Å². The van der Waals surface area contributed by atoms with E-state index in [1.54, 1.807) is 0 Å². The zero-order valence-corrected chi connectivity index (χ0v) is 39.0. The van der Waals surface area contributed by atoms with Crippen molar-refractivity contribution in [2.75, 3.05) is 0 Å². The van der Waals surface area contributed by atoms with Crippen molar-refractivity contribution >= 4 is 35.1 Å². The van der Waals surface area contributed by atoms with E-state index in [0.717, 1.165) is 36.8 Å². The summed E-state index contributed by atoms with van der Waals surface area (Å²) in [7, 11) is 17.9. The molecule has 0 nitrogen and oxygen atoms in total. The number of benzene rings is 4. The van der Waals surface area contributed by atoms with Crippen LogP contribution in [0, 0.1) is 11.8 Å². The molecule has 4 aliphatic rings. The summed E-state index contributed by atoms with van der Waals surface area (Å²) in [5.41, 5.74) is 14.6. The second-order valence-corrected chi connectivity index (χ2v) is 59.3. The number of allylic oxidation sites excluding steroid dienone is 2. The summed E-state index contributed by atoms with van der Waals surface area (Å²) in [6, 6.07) is 31.1. The molecule has 0 bridgehead atoms. The van der Waals surface area contributed by atoms with E-state index < -0.39 is 34.1 Å². The van der Waals surface area contributed by atoms with Gasteiger partial charge >= 0.3 is 351 Å². The van der Waals surface area contributed by atoms with Gasteiger partial charge in [-0.2, -0.15) is 0 Å². The monoisotopic (exact) mass is 903 g/mol. The van der Waals surface area contributed by atoms with Gasteiger partial charge in [-0.25, -0.2) is 0 Å². The van der Waals surface area contributed by atoms with Gasteiger partial charge in [-0.1, -0.05) is 0 Å². The Morgan fingerprint density at radius 3 is 1.39 bits per heavy atom. The summed E-state index contributed by atoms with van der Waals surface area (Å²) in [5.74, 6) is -1.42. The van der Waals surface area contributed by atoms with Crippen LogP contribution >= 0.6 is 17.0 Å². The first-order chi connectivity index (χ1) is 27.4. The molecule has 7 heteroatoms. The zero-order valence-electron chi connectivity index (χ0n) is 33.9. The van der Waals surface area contributed by atoms with Crippen molar-refractivity contribution in [2.45, 2.75) is 123 Å². The Morgan fingerprint density at radius 1 is 0.614 bits per heavy atom. The second kappa shape index (κ2) is 16.7. The fourth-order valence-electron chi connectivity index (χ4n) is 11.4. The molecule has 0 spiro atoms. The van der Waals surface area contributed by atoms with E-state index in [1.165, 1.54) is 107 Å². The minimum absolute atomic E-state index is 0.0726. The summed E-state index contributed by atoms with van der Waals surface area (Å²) >= 11 is -5.61. The molecule has 0 heterocycles. The normalized spacial score (nSPS) is 21.2. The number of halogens is 5. The maximum atomic E-state index is 14.4. The fraction of sp³-hybridized carbons (Fsp3) is 0.440. The first-order valence-electron chi connectivity index (χ1n) is 21.9. The van der Waals surface area contributed by atoms with Crippen LogP contribution in [0.25, 0.3) is 34.4 Å². The third kappa shape index (κ3) is 8.07. The van der Waals surface area contributed by atoms with Gasteiger partial charge in [-0.05, 0) is 0 Å². The van der Waals surface area contributed by atoms with Gasteiger partial charge in [0, 0.05) is 0 Å². The summed E-state index contributed by atoms with van der Waals surface area (Å²) < 4.78 is 42.7. The van der Waals surface area contributed by atoms with E-state index in [9.17, 15) is 13.2 Å². The Labute approximate surface area is 348 Å². The van der Waals surface area contributed by atoms with E-state index in [1.807, 2.05) is 0 Å². The van der Waals surface area contributed by atoms with Gasteiger partial charge in [0.15, 0.2) is 0 Å². The average molecular weight is 906 g/mol. The Balaban J connectivity index is 1.36. The minimum atomic E-state index is -5.61. The third-order valence-corrected chi connectivity index (χ3v) is 64.7. The van der Waals surface area contributed by atoms with Crippen molar-refractivity contribution in [3.05, 3.63) is 129 Å². The predicted molar refractivity (Wildman–Crippen MR) is 237 cm³/mol. The van der Waals surface area contributed by atoms with Gasteiger partial charge in [0.2, 0.25) is 0 Å². The molecule has 0 aromatic heterocycles. The van der Waals surface area contributed by atoms with Gasteiger partial charge in [0.1, 0.15) is 0 Å². The second-order valence-electron chi connectivity index (χ2n) is 18.0. The molecular formula is C50H58Cl2F3SiZr. The molecule has 3 unspecified atom stereocenters. The number of hydrogen-bond acceptors (Lipinski definition) is 0. The molecule has 3 atom stereocenters. The van der Waals surface area contributed by atoms with E-state index in [2.05, 4.69) is 117 Å². The van der Waals surface area contributed by atoms with Crippen molar-refractivity contribution in [1.29, 1.82) is 0 Å². The van der Waals surface area contributed by atoms with Gasteiger partial charge in [-0.3, -0.25) is 0 Å². The van der Waals surface area contributed by atoms with E-state index in [4.69, 9.17) is 17.0 Å². The number of fused-ring (bicyclic) bond motifs is 2. The summed E-state index contributed by atoms with van der Waals surface area (Å²) in [4.78, 5) is 0. The number of aryl methyl sites for hydroxylation is 2. The third-order valence-electron chi connectivity index (χ3n) is 14.6. The number of rotatable bonds is 13. The Hall–Kier alpha value is -2.17. The van der Waals surface area contributed by atoms with Crippen molar-refractivity contribution in [2.24, 2.45) is 11.8 Å². The molecule has 0 radical (unpaired) electrons. The molecule has 57 heavy (non-hydrogen) atoms. The van der Waals surface area contributed by atoms with E-state index >= 15 is 0 Å². The zero-order chi connectivity index (χ0) is 40.0. The van der Waals surface area contributed by atoms with Crippen LogP contribution in [0.5, 0.6) is 0 Å². The maximum absolute atomic E-state index is 14.4. The first-order valence-corrected chi connectivity index (χ1v) is 37.8. The average Bonchev–Trinajstić information content (AvgIpc) is 4.04. The summed E-state index contributed by atoms with van der Waals surface area (Å²) in [6.45, 7) is 6.50. The van der Waals surface area contributed by atoms with E-state index in [-0.39, 0.29) is 13.3 Å². The molecular weight excluding hydrogens is 848 g/mol. The Morgan fingerprint density at radius 2 is 1.02 bits per heavy atom. The molecule has 2 saturated carbocycles. The molecule has 0 N–H and O–H groups in total. The molecule has 0 saturated heterocycles. The van der Waals surface area contributed by atoms with Crippen LogP contribution in [0.1, 0.15) is 125 Å². The standard InChI is InChI=1S/2C23H25.C4H8F3Si.2ClH.Zr/c2*1-2-17-10-12-20(13-11-17)22-9-5-8-21-15-19(16-23(21)22)14-18-6-3-4-7-18;1-8-3-2-4(5,6)7;;;/h2*5,8-13,15-16,18H,2-4,6-7,14H2,1H3;8H,2-3H2,1H3;2*1H;/q;;;;;+2/p-2. The van der Waals surface area contributed by atoms with Crippen LogP contribution < -0.4 is 0 Å². The molecule has 2 fully saturated rings. The predicted octanol–water partition coefficient (Wildman–Crippen LogP) is 16.2. The molecule has 4 aromatic rings. The van der Waals surface area contributed by atoms with Gasteiger partial charge in [0.05, 0.1) is 0 Å². The van der Waals surface area contributed by atoms with E-state index in [0.29, 0.717) is 11.8 Å². The molecule has 4 aromatic carbocycles. The number of alkyl halides is 3. The number of hydrogen-bond donors (Lipinski definition) is 0. The molecule has 301 valence electrons. The van der Waals surface area contributed by atoms with Gasteiger partial charge < -0.3 is 0 Å². The van der Waals surface area contributed by atoms with Crippen LogP contribution in [0.4, 0.5) is 13.2 Å². The SMILES string of the molecule is CCc1ccc(-c2cccc3c2C=C(CC2CCCC2)[CH]3[Zr]([Cl])([Cl])([CH]2C(CC3CCCC3)=Cc3c(-c4ccc(CC)cc4)cccc32)[SiH](C)CCC(F)(F)F)cc1. The molecule has 8 rings (SSSR count). The van der Waals surface area contributed by atoms with Crippen LogP contribution in [-0.4, -0.2) is 12.1 Å². The quantitative estimate of drug-likeness (QED) is 0.117. The Kier molecular flexibility index (Phi) is 12.2. The molecule has 0 aliphatic heterocycles. The van der Waals surface area contributed by atoms with Crippen molar-refractivity contribution < 1.29 is 28.7 Å². The summed E-state index contributed by atoms with van der Waals surface area (Å²) in [5, 5.41) is 0. The Bertz CT molecular complexity index is 2000. The molecule has 0 amide bonds. The fourth-order valence-corrected chi connectivity index (χ4v) is 51.5. The first kappa shape index (κ1) is 41.6. The van der Waals surface area contributed by atoms with Crippen molar-refractivity contribution in [1.82, 2.24) is 0 Å². The van der Waals surface area contributed by atoms with Crippen LogP contribution in [0.15, 0.2) is 96.1 Å². The van der Waals surface area contributed by atoms with Crippen molar-refractivity contribution in [3.8, 4) is 22.3 Å². The van der Waals surface area contributed by atoms with Gasteiger partial charge in [-0.15, -0.1) is 0 Å². The van der Waals surface area contributed by atoms with Crippen LogP contribution in [0.2, 0.25) is 12.6 Å². The summed E-state index contributed by atoms with van der Waals surface area (Å²) in [6.07, 6.45) is 13.2. The van der Waals surface area contributed by atoms with Crippen LogP contribution in [-0.2, 0) is 28.4 Å². The molecule has 4 aliphatic carbocycles.